The van der Waals surface area contributed by atoms with Crippen LogP contribution in [-0.2, 0) is 6.42 Å². The van der Waals surface area contributed by atoms with E-state index in [1.54, 1.807) is 6.07 Å². The maximum absolute atomic E-state index is 14.2. The molecule has 0 bridgehead atoms. The van der Waals surface area contributed by atoms with Crippen molar-refractivity contribution in [3.63, 3.8) is 0 Å². The molecule has 3 heteroatoms. The number of benzene rings is 1. The Morgan fingerprint density at radius 2 is 2.15 bits per heavy atom. The van der Waals surface area contributed by atoms with Crippen LogP contribution in [0.4, 0.5) is 4.39 Å². The lowest BCUT2D eigenvalue weighted by atomic mass is 9.92. The van der Waals surface area contributed by atoms with Crippen molar-refractivity contribution in [2.45, 2.75) is 44.6 Å². The van der Waals surface area contributed by atoms with Gasteiger partial charge in [-0.3, -0.25) is 0 Å². The summed E-state index contributed by atoms with van der Waals surface area (Å²) in [5, 5.41) is 3.31. The highest BCUT2D eigenvalue weighted by Crippen LogP contribution is 2.25. The van der Waals surface area contributed by atoms with Gasteiger partial charge in [-0.2, -0.15) is 0 Å². The molecule has 1 atom stereocenters. The van der Waals surface area contributed by atoms with E-state index in [0.717, 1.165) is 12.0 Å². The number of nitrogens with one attached hydrogen (secondary N) is 1. The third-order valence-corrected chi connectivity index (χ3v) is 4.03. The van der Waals surface area contributed by atoms with Gasteiger partial charge in [-0.1, -0.05) is 23.8 Å². The third-order valence-electron chi connectivity index (χ3n) is 4.03. The first kappa shape index (κ1) is 15.0. The maximum atomic E-state index is 14.2. The summed E-state index contributed by atoms with van der Waals surface area (Å²) in [6.07, 6.45) is 9.03. The van der Waals surface area contributed by atoms with Crippen molar-refractivity contribution >= 4 is 0 Å². The number of methoxy groups -OCH3 is 1. The SMILES string of the molecule is CNC(CC1=CCCCC1)Cc1cccc(OC)c1F. The summed E-state index contributed by atoms with van der Waals surface area (Å²) < 4.78 is 19.2. The fourth-order valence-corrected chi connectivity index (χ4v) is 2.82. The Balaban J connectivity index is 2.04. The van der Waals surface area contributed by atoms with Crippen LogP contribution in [0.5, 0.6) is 5.75 Å². The van der Waals surface area contributed by atoms with Gasteiger partial charge in [0, 0.05) is 6.04 Å². The van der Waals surface area contributed by atoms with Crippen LogP contribution in [0.25, 0.3) is 0 Å². The monoisotopic (exact) mass is 277 g/mol. The molecule has 1 aromatic rings. The number of allylic oxidation sites excluding steroid dienone is 1. The van der Waals surface area contributed by atoms with Crippen LogP contribution in [0.3, 0.4) is 0 Å². The summed E-state index contributed by atoms with van der Waals surface area (Å²) in [5.74, 6) is 0.0992. The van der Waals surface area contributed by atoms with E-state index in [4.69, 9.17) is 4.74 Å². The Morgan fingerprint density at radius 3 is 2.80 bits per heavy atom. The second-order valence-electron chi connectivity index (χ2n) is 5.44. The van der Waals surface area contributed by atoms with Gasteiger partial charge >= 0.3 is 0 Å². The minimum Gasteiger partial charge on any atom is -0.494 e. The minimum absolute atomic E-state index is 0.229. The Kier molecular flexibility index (Phi) is 5.60. The van der Waals surface area contributed by atoms with Gasteiger partial charge < -0.3 is 10.1 Å². The molecule has 1 aliphatic carbocycles. The van der Waals surface area contributed by atoms with Crippen molar-refractivity contribution in [3.05, 3.63) is 41.2 Å². The molecule has 0 radical (unpaired) electrons. The molecule has 0 fully saturated rings. The summed E-state index contributed by atoms with van der Waals surface area (Å²) in [6, 6.07) is 5.64. The first-order valence-corrected chi connectivity index (χ1v) is 7.41. The predicted molar refractivity (Wildman–Crippen MR) is 80.7 cm³/mol. The Hall–Kier alpha value is -1.35. The lowest BCUT2D eigenvalue weighted by molar-refractivity contribution is 0.382. The van der Waals surface area contributed by atoms with E-state index in [9.17, 15) is 4.39 Å². The second-order valence-corrected chi connectivity index (χ2v) is 5.44. The number of halogens is 1. The molecule has 20 heavy (non-hydrogen) atoms. The zero-order valence-electron chi connectivity index (χ0n) is 12.4. The number of likely N-dealkylation sites (N-methyl/N-ethyl adjacent to an activating group) is 1. The quantitative estimate of drug-likeness (QED) is 0.797. The summed E-state index contributed by atoms with van der Waals surface area (Å²) >= 11 is 0. The topological polar surface area (TPSA) is 21.3 Å². The van der Waals surface area contributed by atoms with Gasteiger partial charge in [0.2, 0.25) is 0 Å². The fourth-order valence-electron chi connectivity index (χ4n) is 2.82. The summed E-state index contributed by atoms with van der Waals surface area (Å²) in [4.78, 5) is 0. The van der Waals surface area contributed by atoms with Gasteiger partial charge in [0.05, 0.1) is 7.11 Å². The van der Waals surface area contributed by atoms with Crippen molar-refractivity contribution in [1.29, 1.82) is 0 Å². The average Bonchev–Trinajstić information content (AvgIpc) is 2.49. The lowest BCUT2D eigenvalue weighted by Gasteiger charge is -2.21. The maximum Gasteiger partial charge on any atom is 0.168 e. The molecular formula is C17H24FNO. The van der Waals surface area contributed by atoms with E-state index >= 15 is 0 Å². The van der Waals surface area contributed by atoms with Crippen molar-refractivity contribution < 1.29 is 9.13 Å². The van der Waals surface area contributed by atoms with Gasteiger partial charge in [0.25, 0.3) is 0 Å². The first-order valence-electron chi connectivity index (χ1n) is 7.41. The largest absolute Gasteiger partial charge is 0.494 e. The molecule has 0 heterocycles. The third kappa shape index (κ3) is 3.83. The molecule has 1 aromatic carbocycles. The summed E-state index contributed by atoms with van der Waals surface area (Å²) in [5.41, 5.74) is 2.24. The van der Waals surface area contributed by atoms with Crippen molar-refractivity contribution in [1.82, 2.24) is 5.32 Å². The summed E-state index contributed by atoms with van der Waals surface area (Å²) in [6.45, 7) is 0. The van der Waals surface area contributed by atoms with Crippen LogP contribution in [-0.4, -0.2) is 20.2 Å². The highest BCUT2D eigenvalue weighted by molar-refractivity contribution is 5.31. The molecular weight excluding hydrogens is 253 g/mol. The molecule has 0 amide bonds. The van der Waals surface area contributed by atoms with Crippen molar-refractivity contribution in [3.8, 4) is 5.75 Å². The molecule has 0 saturated heterocycles. The van der Waals surface area contributed by atoms with Gasteiger partial charge in [-0.15, -0.1) is 0 Å². The fraction of sp³-hybridized carbons (Fsp3) is 0.529. The highest BCUT2D eigenvalue weighted by Gasteiger charge is 2.15. The number of rotatable bonds is 6. The van der Waals surface area contributed by atoms with Crippen LogP contribution in [0, 0.1) is 5.82 Å². The predicted octanol–water partition coefficient (Wildman–Crippen LogP) is 3.86. The van der Waals surface area contributed by atoms with Crippen LogP contribution in [0.1, 0.15) is 37.7 Å². The van der Waals surface area contributed by atoms with Crippen LogP contribution >= 0.6 is 0 Å². The Labute approximate surface area is 121 Å². The summed E-state index contributed by atoms with van der Waals surface area (Å²) in [7, 11) is 3.46. The van der Waals surface area contributed by atoms with E-state index in [1.807, 2.05) is 19.2 Å². The van der Waals surface area contributed by atoms with E-state index in [1.165, 1.54) is 38.4 Å². The van der Waals surface area contributed by atoms with Crippen LogP contribution in [0.15, 0.2) is 29.8 Å². The molecule has 110 valence electrons. The molecule has 1 unspecified atom stereocenters. The number of hydrogen-bond donors (Lipinski definition) is 1. The van der Waals surface area contributed by atoms with E-state index < -0.39 is 0 Å². The zero-order valence-corrected chi connectivity index (χ0v) is 12.4. The molecule has 0 aliphatic heterocycles. The Morgan fingerprint density at radius 1 is 1.30 bits per heavy atom. The van der Waals surface area contributed by atoms with Crippen LogP contribution in [0.2, 0.25) is 0 Å². The smallest absolute Gasteiger partial charge is 0.168 e. The van der Waals surface area contributed by atoms with Gasteiger partial charge in [-0.05, 0) is 57.2 Å². The zero-order chi connectivity index (χ0) is 14.4. The molecule has 1 N–H and O–H groups in total. The van der Waals surface area contributed by atoms with E-state index in [0.29, 0.717) is 12.2 Å². The lowest BCUT2D eigenvalue weighted by Crippen LogP contribution is -2.28. The highest BCUT2D eigenvalue weighted by atomic mass is 19.1. The molecule has 0 spiro atoms. The van der Waals surface area contributed by atoms with Crippen molar-refractivity contribution in [2.75, 3.05) is 14.2 Å². The van der Waals surface area contributed by atoms with E-state index in [2.05, 4.69) is 11.4 Å². The number of ether oxygens (including phenoxy) is 1. The molecule has 2 rings (SSSR count). The van der Waals surface area contributed by atoms with Gasteiger partial charge in [-0.25, -0.2) is 4.39 Å². The van der Waals surface area contributed by atoms with Crippen LogP contribution < -0.4 is 10.1 Å². The van der Waals surface area contributed by atoms with Gasteiger partial charge in [0.1, 0.15) is 0 Å². The number of hydrogen-bond acceptors (Lipinski definition) is 2. The second kappa shape index (κ2) is 7.44. The van der Waals surface area contributed by atoms with Crippen molar-refractivity contribution in [2.24, 2.45) is 0 Å². The molecule has 1 aliphatic rings. The molecule has 2 nitrogen and oxygen atoms in total. The normalized spacial score (nSPS) is 16.6. The standard InChI is InChI=1S/C17H24FNO/c1-19-15(11-13-7-4-3-5-8-13)12-14-9-6-10-16(20-2)17(14)18/h6-7,9-10,15,19H,3-5,8,11-12H2,1-2H3. The average molecular weight is 277 g/mol. The Bertz CT molecular complexity index is 470. The molecule has 0 aromatic heterocycles. The molecule has 0 saturated carbocycles. The van der Waals surface area contributed by atoms with E-state index in [-0.39, 0.29) is 11.9 Å². The first-order chi connectivity index (χ1) is 9.74. The minimum atomic E-state index is -0.229. The van der Waals surface area contributed by atoms with Gasteiger partial charge in [0.15, 0.2) is 11.6 Å².